The molecule has 3 aromatic rings. The van der Waals surface area contributed by atoms with Crippen LogP contribution in [0.25, 0.3) is 22.3 Å². The summed E-state index contributed by atoms with van der Waals surface area (Å²) in [5, 5.41) is 0.438. The average molecular weight is 380 g/mol. The molecule has 5 nitrogen and oxygen atoms in total. The molecule has 2 aromatic carbocycles. The van der Waals surface area contributed by atoms with Crippen LogP contribution in [0.2, 0.25) is 0 Å². The fraction of sp³-hybridized carbons (Fsp3) is 0.304. The lowest BCUT2D eigenvalue weighted by atomic mass is 10.1. The van der Waals surface area contributed by atoms with Crippen molar-refractivity contribution in [3.05, 3.63) is 64.3 Å². The molecule has 0 aliphatic carbocycles. The number of unbranched alkanes of at least 4 members (excludes halogenated alkanes) is 1. The summed E-state index contributed by atoms with van der Waals surface area (Å²) in [7, 11) is 0. The smallest absolute Gasteiger partial charge is 0.344 e. The number of hydrogen-bond donors (Lipinski definition) is 0. The first-order chi connectivity index (χ1) is 13.6. The van der Waals surface area contributed by atoms with Crippen molar-refractivity contribution in [3.63, 3.8) is 0 Å². The van der Waals surface area contributed by atoms with E-state index >= 15 is 0 Å². The fourth-order valence-electron chi connectivity index (χ4n) is 2.86. The third-order valence-corrected chi connectivity index (χ3v) is 4.45. The van der Waals surface area contributed by atoms with Crippen molar-refractivity contribution < 1.29 is 18.7 Å². The van der Waals surface area contributed by atoms with Crippen LogP contribution in [0.1, 0.15) is 32.3 Å². The van der Waals surface area contributed by atoms with Gasteiger partial charge in [0.25, 0.3) is 0 Å². The normalized spacial score (nSPS) is 10.8. The Labute approximate surface area is 163 Å². The van der Waals surface area contributed by atoms with Crippen LogP contribution in [0, 0.1) is 0 Å². The van der Waals surface area contributed by atoms with Gasteiger partial charge in [0.2, 0.25) is 11.2 Å². The summed E-state index contributed by atoms with van der Waals surface area (Å²) in [5.41, 5.74) is 1.92. The van der Waals surface area contributed by atoms with Gasteiger partial charge in [-0.2, -0.15) is 0 Å². The third-order valence-electron chi connectivity index (χ3n) is 4.45. The Morgan fingerprint density at radius 2 is 1.86 bits per heavy atom. The van der Waals surface area contributed by atoms with Crippen LogP contribution < -0.4 is 10.2 Å². The number of carbonyl (C=O) groups is 1. The minimum absolute atomic E-state index is 0.0272. The van der Waals surface area contributed by atoms with Crippen LogP contribution in [0.5, 0.6) is 5.75 Å². The molecule has 0 amide bonds. The van der Waals surface area contributed by atoms with Crippen LogP contribution in [-0.4, -0.2) is 19.2 Å². The second-order valence-corrected chi connectivity index (χ2v) is 6.50. The molecule has 5 heteroatoms. The van der Waals surface area contributed by atoms with Gasteiger partial charge in [-0.25, -0.2) is 4.79 Å². The van der Waals surface area contributed by atoms with E-state index in [1.165, 1.54) is 0 Å². The van der Waals surface area contributed by atoms with Gasteiger partial charge in [-0.3, -0.25) is 4.79 Å². The van der Waals surface area contributed by atoms with Gasteiger partial charge in [0.05, 0.1) is 12.0 Å². The number of aryl methyl sites for hydroxylation is 1. The van der Waals surface area contributed by atoms with Gasteiger partial charge < -0.3 is 13.9 Å². The van der Waals surface area contributed by atoms with Crippen molar-refractivity contribution in [1.82, 2.24) is 0 Å². The Morgan fingerprint density at radius 1 is 1.07 bits per heavy atom. The highest BCUT2D eigenvalue weighted by molar-refractivity contribution is 5.83. The zero-order valence-electron chi connectivity index (χ0n) is 16.2. The number of fused-ring (bicyclic) bond motifs is 1. The molecule has 3 rings (SSSR count). The Hall–Kier alpha value is -3.08. The molecule has 28 heavy (non-hydrogen) atoms. The zero-order chi connectivity index (χ0) is 19.9. The summed E-state index contributed by atoms with van der Waals surface area (Å²) < 4.78 is 16.7. The second-order valence-electron chi connectivity index (χ2n) is 6.50. The highest BCUT2D eigenvalue weighted by Gasteiger charge is 2.19. The van der Waals surface area contributed by atoms with Gasteiger partial charge >= 0.3 is 5.97 Å². The highest BCUT2D eigenvalue weighted by Crippen LogP contribution is 2.31. The number of ether oxygens (including phenoxy) is 2. The summed E-state index contributed by atoms with van der Waals surface area (Å²) in [6.45, 7) is 4.04. The number of carbonyl (C=O) groups excluding carboxylic acids is 1. The molecule has 0 aliphatic heterocycles. The van der Waals surface area contributed by atoms with Crippen molar-refractivity contribution >= 4 is 16.9 Å². The first-order valence-corrected chi connectivity index (χ1v) is 9.57. The van der Waals surface area contributed by atoms with Crippen LogP contribution in [0.4, 0.5) is 0 Å². The number of benzene rings is 2. The molecule has 0 N–H and O–H groups in total. The molecular formula is C23H24O5. The van der Waals surface area contributed by atoms with Crippen molar-refractivity contribution in [2.45, 2.75) is 33.1 Å². The average Bonchev–Trinajstić information content (AvgIpc) is 2.73. The van der Waals surface area contributed by atoms with Gasteiger partial charge in [0.1, 0.15) is 5.58 Å². The largest absolute Gasteiger partial charge is 0.474 e. The predicted octanol–water partition coefficient (Wildman–Crippen LogP) is 4.74. The number of esters is 1. The molecule has 0 radical (unpaired) electrons. The van der Waals surface area contributed by atoms with E-state index in [9.17, 15) is 9.59 Å². The zero-order valence-corrected chi connectivity index (χ0v) is 16.2. The van der Waals surface area contributed by atoms with Gasteiger partial charge in [-0.1, -0.05) is 56.7 Å². The lowest BCUT2D eigenvalue weighted by molar-refractivity contribution is -0.146. The monoisotopic (exact) mass is 380 g/mol. The summed E-state index contributed by atoms with van der Waals surface area (Å²) in [4.78, 5) is 25.1. The van der Waals surface area contributed by atoms with Gasteiger partial charge in [0, 0.05) is 5.56 Å². The highest BCUT2D eigenvalue weighted by atomic mass is 16.6. The fourth-order valence-corrected chi connectivity index (χ4v) is 2.86. The number of rotatable bonds is 8. The first kappa shape index (κ1) is 19.7. The lowest BCUT2D eigenvalue weighted by Crippen LogP contribution is -2.19. The van der Waals surface area contributed by atoms with Gasteiger partial charge in [0.15, 0.2) is 12.4 Å². The van der Waals surface area contributed by atoms with E-state index in [-0.39, 0.29) is 17.8 Å². The maximum Gasteiger partial charge on any atom is 0.344 e. The van der Waals surface area contributed by atoms with Crippen LogP contribution in [-0.2, 0) is 16.0 Å². The molecule has 0 atom stereocenters. The molecule has 0 bridgehead atoms. The Kier molecular flexibility index (Phi) is 6.48. The molecule has 1 aromatic heterocycles. The topological polar surface area (TPSA) is 65.7 Å². The first-order valence-electron chi connectivity index (χ1n) is 9.57. The molecule has 0 spiro atoms. The Morgan fingerprint density at radius 3 is 2.57 bits per heavy atom. The second kappa shape index (κ2) is 9.22. The SMILES string of the molecule is CCCCOC(=O)COc1c(-c2ccccc2)oc2ccc(CC)cc2c1=O. The Balaban J connectivity index is 2.00. The minimum Gasteiger partial charge on any atom is -0.474 e. The molecule has 146 valence electrons. The van der Waals surface area contributed by atoms with E-state index in [0.717, 1.165) is 24.8 Å². The van der Waals surface area contributed by atoms with E-state index in [1.807, 2.05) is 56.3 Å². The molecule has 0 unspecified atom stereocenters. The molecule has 0 saturated carbocycles. The summed E-state index contributed by atoms with van der Waals surface area (Å²) in [6.07, 6.45) is 2.52. The van der Waals surface area contributed by atoms with E-state index in [4.69, 9.17) is 13.9 Å². The van der Waals surface area contributed by atoms with E-state index in [1.54, 1.807) is 6.07 Å². The lowest BCUT2D eigenvalue weighted by Gasteiger charge is -2.12. The van der Waals surface area contributed by atoms with Gasteiger partial charge in [-0.05, 0) is 30.5 Å². The van der Waals surface area contributed by atoms with Crippen molar-refractivity contribution in [2.75, 3.05) is 13.2 Å². The quantitative estimate of drug-likeness (QED) is 0.417. The maximum absolute atomic E-state index is 13.1. The van der Waals surface area contributed by atoms with Gasteiger partial charge in [-0.15, -0.1) is 0 Å². The van der Waals surface area contributed by atoms with E-state index < -0.39 is 5.97 Å². The predicted molar refractivity (Wildman–Crippen MR) is 109 cm³/mol. The minimum atomic E-state index is -0.505. The van der Waals surface area contributed by atoms with E-state index in [2.05, 4.69) is 0 Å². The molecular weight excluding hydrogens is 356 g/mol. The van der Waals surface area contributed by atoms with Crippen molar-refractivity contribution in [1.29, 1.82) is 0 Å². The maximum atomic E-state index is 13.1. The van der Waals surface area contributed by atoms with E-state index in [0.29, 0.717) is 28.9 Å². The molecule has 0 saturated heterocycles. The Bertz CT molecular complexity index is 1000. The summed E-state index contributed by atoms with van der Waals surface area (Å²) in [5.74, 6) is -0.169. The van der Waals surface area contributed by atoms with Crippen LogP contribution in [0.3, 0.4) is 0 Å². The molecule has 1 heterocycles. The standard InChI is InChI=1S/C23H24O5/c1-3-5-13-26-20(24)15-27-23-21(25)18-14-16(4-2)11-12-19(18)28-22(23)17-9-7-6-8-10-17/h6-12,14H,3-5,13,15H2,1-2H3. The molecule has 0 fully saturated rings. The van der Waals surface area contributed by atoms with Crippen molar-refractivity contribution in [3.8, 4) is 17.1 Å². The summed E-state index contributed by atoms with van der Waals surface area (Å²) >= 11 is 0. The van der Waals surface area contributed by atoms with Crippen LogP contribution >= 0.6 is 0 Å². The molecule has 0 aliphatic rings. The number of hydrogen-bond acceptors (Lipinski definition) is 5. The third kappa shape index (κ3) is 4.42. The van der Waals surface area contributed by atoms with Crippen LogP contribution in [0.15, 0.2) is 57.7 Å². The van der Waals surface area contributed by atoms with Crippen molar-refractivity contribution in [2.24, 2.45) is 0 Å². The summed E-state index contributed by atoms with van der Waals surface area (Å²) in [6, 6.07) is 14.8.